The second-order valence-electron chi connectivity index (χ2n) is 12.3. The molecule has 0 aliphatic rings. The van der Waals surface area contributed by atoms with E-state index in [1.807, 2.05) is 30.3 Å². The van der Waals surface area contributed by atoms with Crippen LogP contribution in [-0.2, 0) is 25.5 Å². The van der Waals surface area contributed by atoms with Crippen LogP contribution in [0.2, 0.25) is 0 Å². The molecule has 4 N–H and O–H groups in total. The van der Waals surface area contributed by atoms with Gasteiger partial charge in [-0.15, -0.1) is 0 Å². The SMILES string of the molecule is CC(C)CCNC(=O)[C@@H](Cc1ccccc1)NC(=O)N[C@@H](CCCCNC(=O)OC(C)(C)C)C(=O)OC(C)(C)C. The highest BCUT2D eigenvalue weighted by Crippen LogP contribution is 2.12. The first-order chi connectivity index (χ1) is 18.6. The van der Waals surface area contributed by atoms with E-state index in [1.165, 1.54) is 0 Å². The third-order valence-corrected chi connectivity index (χ3v) is 5.51. The summed E-state index contributed by atoms with van der Waals surface area (Å²) in [5, 5.41) is 11.0. The lowest BCUT2D eigenvalue weighted by atomic mass is 10.0. The van der Waals surface area contributed by atoms with Crippen molar-refractivity contribution >= 4 is 24.0 Å². The van der Waals surface area contributed by atoms with Crippen molar-refractivity contribution < 1.29 is 28.7 Å². The average molecular weight is 563 g/mol. The lowest BCUT2D eigenvalue weighted by Crippen LogP contribution is -2.54. The maximum Gasteiger partial charge on any atom is 0.407 e. The minimum absolute atomic E-state index is 0.290. The van der Waals surface area contributed by atoms with Crippen molar-refractivity contribution in [1.82, 2.24) is 21.3 Å². The molecule has 4 amide bonds. The Labute approximate surface area is 239 Å². The van der Waals surface area contributed by atoms with Crippen molar-refractivity contribution in [3.05, 3.63) is 35.9 Å². The number of rotatable bonds is 14. The first-order valence-corrected chi connectivity index (χ1v) is 14.1. The van der Waals surface area contributed by atoms with Crippen LogP contribution in [-0.4, -0.2) is 60.4 Å². The summed E-state index contributed by atoms with van der Waals surface area (Å²) in [5.74, 6) is -0.427. The Morgan fingerprint density at radius 3 is 1.93 bits per heavy atom. The zero-order valence-electron chi connectivity index (χ0n) is 25.5. The number of hydrogen-bond acceptors (Lipinski definition) is 6. The van der Waals surface area contributed by atoms with Gasteiger partial charge in [0.05, 0.1) is 0 Å². The van der Waals surface area contributed by atoms with Gasteiger partial charge in [0.2, 0.25) is 5.91 Å². The van der Waals surface area contributed by atoms with Gasteiger partial charge in [-0.1, -0.05) is 44.2 Å². The molecule has 0 heterocycles. The number of nitrogens with one attached hydrogen (secondary N) is 4. The number of ether oxygens (including phenoxy) is 2. The van der Waals surface area contributed by atoms with Crippen LogP contribution >= 0.6 is 0 Å². The fraction of sp³-hybridized carbons (Fsp3) is 0.667. The summed E-state index contributed by atoms with van der Waals surface area (Å²) in [4.78, 5) is 50.8. The van der Waals surface area contributed by atoms with Gasteiger partial charge in [0, 0.05) is 19.5 Å². The highest BCUT2D eigenvalue weighted by molar-refractivity contribution is 5.89. The van der Waals surface area contributed by atoms with Gasteiger partial charge in [-0.05, 0) is 78.7 Å². The predicted octanol–water partition coefficient (Wildman–Crippen LogP) is 4.46. The molecule has 1 rings (SSSR count). The summed E-state index contributed by atoms with van der Waals surface area (Å²) in [5.41, 5.74) is -0.432. The van der Waals surface area contributed by atoms with E-state index < -0.39 is 41.4 Å². The fourth-order valence-corrected chi connectivity index (χ4v) is 3.62. The van der Waals surface area contributed by atoms with Crippen LogP contribution in [0.15, 0.2) is 30.3 Å². The molecular weight excluding hydrogens is 512 g/mol. The topological polar surface area (TPSA) is 135 Å². The van der Waals surface area contributed by atoms with Gasteiger partial charge in [-0.2, -0.15) is 0 Å². The summed E-state index contributed by atoms with van der Waals surface area (Å²) in [6.07, 6.45) is 2.00. The van der Waals surface area contributed by atoms with Gasteiger partial charge >= 0.3 is 18.1 Å². The molecule has 2 atom stereocenters. The molecule has 10 nitrogen and oxygen atoms in total. The second-order valence-corrected chi connectivity index (χ2v) is 12.3. The number of benzene rings is 1. The summed E-state index contributed by atoms with van der Waals surface area (Å²) in [7, 11) is 0. The highest BCUT2D eigenvalue weighted by Gasteiger charge is 2.28. The van der Waals surface area contributed by atoms with Crippen LogP contribution in [0.1, 0.15) is 86.6 Å². The van der Waals surface area contributed by atoms with Gasteiger partial charge in [-0.3, -0.25) is 4.79 Å². The van der Waals surface area contributed by atoms with Gasteiger partial charge in [-0.25, -0.2) is 14.4 Å². The number of carbonyl (C=O) groups excluding carboxylic acids is 4. The summed E-state index contributed by atoms with van der Waals surface area (Å²) >= 11 is 0. The van der Waals surface area contributed by atoms with Crippen LogP contribution in [0.5, 0.6) is 0 Å². The third-order valence-electron chi connectivity index (χ3n) is 5.51. The molecule has 1 aromatic carbocycles. The average Bonchev–Trinajstić information content (AvgIpc) is 2.80. The van der Waals surface area contributed by atoms with Crippen molar-refractivity contribution in [1.29, 1.82) is 0 Å². The van der Waals surface area contributed by atoms with Gasteiger partial charge in [0.25, 0.3) is 0 Å². The molecule has 0 bridgehead atoms. The van der Waals surface area contributed by atoms with E-state index in [-0.39, 0.29) is 5.91 Å². The smallest absolute Gasteiger partial charge is 0.407 e. The first-order valence-electron chi connectivity index (χ1n) is 14.1. The zero-order chi connectivity index (χ0) is 30.3. The largest absolute Gasteiger partial charge is 0.458 e. The minimum atomic E-state index is -0.929. The van der Waals surface area contributed by atoms with E-state index in [4.69, 9.17) is 9.47 Å². The molecule has 0 spiro atoms. The molecule has 0 radical (unpaired) electrons. The van der Waals surface area contributed by atoms with Crippen molar-refractivity contribution in [2.45, 2.75) is 111 Å². The molecule has 1 aromatic rings. The molecule has 0 aliphatic carbocycles. The van der Waals surface area contributed by atoms with E-state index in [1.54, 1.807) is 41.5 Å². The van der Waals surface area contributed by atoms with E-state index in [0.717, 1.165) is 12.0 Å². The van der Waals surface area contributed by atoms with Crippen molar-refractivity contribution in [3.8, 4) is 0 Å². The van der Waals surface area contributed by atoms with E-state index in [0.29, 0.717) is 44.7 Å². The Bertz CT molecular complexity index is 938. The molecule has 0 aromatic heterocycles. The lowest BCUT2D eigenvalue weighted by Gasteiger charge is -2.26. The lowest BCUT2D eigenvalue weighted by molar-refractivity contribution is -0.157. The molecule has 0 saturated heterocycles. The normalized spacial score (nSPS) is 13.1. The summed E-state index contributed by atoms with van der Waals surface area (Å²) in [6, 6.07) is 7.02. The zero-order valence-corrected chi connectivity index (χ0v) is 25.5. The van der Waals surface area contributed by atoms with Crippen LogP contribution in [0.3, 0.4) is 0 Å². The fourth-order valence-electron chi connectivity index (χ4n) is 3.62. The Morgan fingerprint density at radius 2 is 1.35 bits per heavy atom. The van der Waals surface area contributed by atoms with Gasteiger partial charge in [0.15, 0.2) is 0 Å². The maximum absolute atomic E-state index is 13.0. The van der Waals surface area contributed by atoms with Crippen LogP contribution in [0, 0.1) is 5.92 Å². The quantitative estimate of drug-likeness (QED) is 0.195. The molecule has 0 fully saturated rings. The van der Waals surface area contributed by atoms with Gasteiger partial charge in [0.1, 0.15) is 23.3 Å². The van der Waals surface area contributed by atoms with Crippen molar-refractivity contribution in [3.63, 3.8) is 0 Å². The number of esters is 1. The molecule has 0 unspecified atom stereocenters. The number of urea groups is 1. The maximum atomic E-state index is 13.0. The van der Waals surface area contributed by atoms with Gasteiger partial charge < -0.3 is 30.7 Å². The summed E-state index contributed by atoms with van der Waals surface area (Å²) < 4.78 is 10.7. The summed E-state index contributed by atoms with van der Waals surface area (Å²) in [6.45, 7) is 15.6. The Hall–Kier alpha value is -3.30. The first kappa shape index (κ1) is 34.7. The number of alkyl carbamates (subject to hydrolysis) is 1. The molecule has 0 saturated carbocycles. The van der Waals surface area contributed by atoms with E-state index in [2.05, 4.69) is 35.1 Å². The Balaban J connectivity index is 2.82. The predicted molar refractivity (Wildman–Crippen MR) is 156 cm³/mol. The highest BCUT2D eigenvalue weighted by atomic mass is 16.6. The van der Waals surface area contributed by atoms with Crippen LogP contribution in [0.4, 0.5) is 9.59 Å². The molecule has 40 heavy (non-hydrogen) atoms. The van der Waals surface area contributed by atoms with Crippen molar-refractivity contribution in [2.24, 2.45) is 5.92 Å². The van der Waals surface area contributed by atoms with E-state index in [9.17, 15) is 19.2 Å². The minimum Gasteiger partial charge on any atom is -0.458 e. The van der Waals surface area contributed by atoms with Crippen LogP contribution < -0.4 is 21.3 Å². The third kappa shape index (κ3) is 16.6. The Kier molecular flexibility index (Phi) is 14.5. The van der Waals surface area contributed by atoms with Crippen molar-refractivity contribution in [2.75, 3.05) is 13.1 Å². The number of unbranched alkanes of at least 4 members (excludes halogenated alkanes) is 1. The molecule has 10 heteroatoms. The molecule has 226 valence electrons. The number of hydrogen-bond donors (Lipinski definition) is 4. The Morgan fingerprint density at radius 1 is 0.750 bits per heavy atom. The molecule has 0 aliphatic heterocycles. The standard InChI is InChI=1S/C30H50N4O6/c1-21(2)17-19-31-25(35)24(20-22-14-10-9-11-15-22)34-27(37)33-23(26(36)39-29(3,4)5)16-12-13-18-32-28(38)40-30(6,7)8/h9-11,14-15,21,23-24H,12-13,16-20H2,1-8H3,(H,31,35)(H,32,38)(H2,33,34,37)/t23-,24+/m0/s1. The molecular formula is C30H50N4O6. The second kappa shape index (κ2) is 16.7. The van der Waals surface area contributed by atoms with Crippen LogP contribution in [0.25, 0.3) is 0 Å². The number of amides is 4. The number of carbonyl (C=O) groups is 4. The monoisotopic (exact) mass is 562 g/mol. The van der Waals surface area contributed by atoms with E-state index >= 15 is 0 Å².